The molecule has 0 aliphatic rings. The van der Waals surface area contributed by atoms with Gasteiger partial charge in [0.05, 0.1) is 16.8 Å². The lowest BCUT2D eigenvalue weighted by molar-refractivity contribution is -0.119. The molecule has 2 aromatic rings. The number of amides is 1. The molecule has 0 radical (unpaired) electrons. The summed E-state index contributed by atoms with van der Waals surface area (Å²) in [6.45, 7) is 1.92. The van der Waals surface area contributed by atoms with E-state index < -0.39 is 0 Å². The first kappa shape index (κ1) is 14.9. The zero-order chi connectivity index (χ0) is 14.4. The zero-order valence-corrected chi connectivity index (χ0v) is 12.6. The van der Waals surface area contributed by atoms with Gasteiger partial charge in [-0.15, -0.1) is 0 Å². The molecule has 0 unspecified atom stereocenters. The normalized spacial score (nSPS) is 11.9. The standard InChI is InChI=1S/C15H15ClN2OS/c1-11(12-6-2-3-7-13(12)16)18-14(19)10-20-15-8-4-5-9-17-15/h2-9,11H,10H2,1H3,(H,18,19)/t11-/m0/s1. The maximum Gasteiger partial charge on any atom is 0.230 e. The third-order valence-electron chi connectivity index (χ3n) is 2.74. The minimum absolute atomic E-state index is 0.0342. The Labute approximate surface area is 127 Å². The van der Waals surface area contributed by atoms with Gasteiger partial charge in [0.1, 0.15) is 0 Å². The molecule has 0 saturated carbocycles. The largest absolute Gasteiger partial charge is 0.349 e. The van der Waals surface area contributed by atoms with E-state index in [1.807, 2.05) is 49.4 Å². The predicted octanol–water partition coefficient (Wildman–Crippen LogP) is 3.70. The Morgan fingerprint density at radius 1 is 1.30 bits per heavy atom. The summed E-state index contributed by atoms with van der Waals surface area (Å²) in [5, 5.41) is 4.44. The third-order valence-corrected chi connectivity index (χ3v) is 4.03. The molecular formula is C15H15ClN2OS. The fourth-order valence-corrected chi connectivity index (χ4v) is 2.73. The van der Waals surface area contributed by atoms with Crippen molar-refractivity contribution in [3.05, 3.63) is 59.2 Å². The first-order valence-corrected chi connectivity index (χ1v) is 7.61. The second-order valence-corrected chi connectivity index (χ2v) is 5.67. The average Bonchev–Trinajstić information content (AvgIpc) is 2.46. The number of halogens is 1. The molecule has 0 aliphatic carbocycles. The number of nitrogens with zero attached hydrogens (tertiary/aromatic N) is 1. The molecule has 0 bridgehead atoms. The number of carbonyl (C=O) groups excluding carboxylic acids is 1. The van der Waals surface area contributed by atoms with E-state index in [0.29, 0.717) is 10.8 Å². The monoisotopic (exact) mass is 306 g/mol. The van der Waals surface area contributed by atoms with E-state index in [1.165, 1.54) is 11.8 Å². The van der Waals surface area contributed by atoms with Crippen molar-refractivity contribution in [1.29, 1.82) is 0 Å². The Balaban J connectivity index is 1.87. The van der Waals surface area contributed by atoms with Crippen LogP contribution in [0.4, 0.5) is 0 Å². The smallest absolute Gasteiger partial charge is 0.230 e. The van der Waals surface area contributed by atoms with Crippen molar-refractivity contribution < 1.29 is 4.79 Å². The summed E-state index contributed by atoms with van der Waals surface area (Å²) in [6.07, 6.45) is 1.71. The van der Waals surface area contributed by atoms with E-state index in [2.05, 4.69) is 10.3 Å². The van der Waals surface area contributed by atoms with E-state index in [0.717, 1.165) is 10.6 Å². The quantitative estimate of drug-likeness (QED) is 0.856. The molecule has 104 valence electrons. The van der Waals surface area contributed by atoms with Crippen LogP contribution in [-0.2, 0) is 4.79 Å². The number of hydrogen-bond donors (Lipinski definition) is 1. The van der Waals surface area contributed by atoms with Gasteiger partial charge in [-0.05, 0) is 30.7 Å². The molecule has 1 aromatic heterocycles. The number of rotatable bonds is 5. The van der Waals surface area contributed by atoms with Crippen LogP contribution in [0.2, 0.25) is 5.02 Å². The zero-order valence-electron chi connectivity index (χ0n) is 11.0. The molecule has 0 aliphatic heterocycles. The van der Waals surface area contributed by atoms with Gasteiger partial charge in [-0.3, -0.25) is 4.79 Å². The minimum Gasteiger partial charge on any atom is -0.349 e. The average molecular weight is 307 g/mol. The summed E-state index contributed by atoms with van der Waals surface area (Å²) in [6, 6.07) is 13.0. The first-order valence-electron chi connectivity index (χ1n) is 6.24. The van der Waals surface area contributed by atoms with E-state index in [1.54, 1.807) is 6.20 Å². The molecule has 0 saturated heterocycles. The first-order chi connectivity index (χ1) is 9.66. The molecule has 1 amide bonds. The maximum absolute atomic E-state index is 11.9. The van der Waals surface area contributed by atoms with Gasteiger partial charge in [-0.2, -0.15) is 0 Å². The molecule has 5 heteroatoms. The van der Waals surface area contributed by atoms with Crippen LogP contribution in [-0.4, -0.2) is 16.6 Å². The van der Waals surface area contributed by atoms with Gasteiger partial charge in [0.25, 0.3) is 0 Å². The molecule has 20 heavy (non-hydrogen) atoms. The van der Waals surface area contributed by atoms with E-state index >= 15 is 0 Å². The highest BCUT2D eigenvalue weighted by Crippen LogP contribution is 2.22. The van der Waals surface area contributed by atoms with Crippen molar-refractivity contribution in [2.45, 2.75) is 18.0 Å². The number of pyridine rings is 1. The Hall–Kier alpha value is -1.52. The van der Waals surface area contributed by atoms with Crippen LogP contribution in [0.3, 0.4) is 0 Å². The maximum atomic E-state index is 11.9. The van der Waals surface area contributed by atoms with Crippen LogP contribution in [0.5, 0.6) is 0 Å². The molecular weight excluding hydrogens is 292 g/mol. The number of aromatic nitrogens is 1. The van der Waals surface area contributed by atoms with Crippen molar-refractivity contribution in [3.63, 3.8) is 0 Å². The van der Waals surface area contributed by atoms with Crippen molar-refractivity contribution in [2.75, 3.05) is 5.75 Å². The van der Waals surface area contributed by atoms with Crippen molar-refractivity contribution in [3.8, 4) is 0 Å². The lowest BCUT2D eigenvalue weighted by atomic mass is 10.1. The van der Waals surface area contributed by atoms with E-state index in [4.69, 9.17) is 11.6 Å². The van der Waals surface area contributed by atoms with Crippen LogP contribution in [0.25, 0.3) is 0 Å². The van der Waals surface area contributed by atoms with Gasteiger partial charge in [0, 0.05) is 11.2 Å². The van der Waals surface area contributed by atoms with Crippen molar-refractivity contribution >= 4 is 29.3 Å². The molecule has 1 atom stereocenters. The highest BCUT2D eigenvalue weighted by atomic mass is 35.5. The number of nitrogens with one attached hydrogen (secondary N) is 1. The highest BCUT2D eigenvalue weighted by Gasteiger charge is 2.12. The number of benzene rings is 1. The van der Waals surface area contributed by atoms with Gasteiger partial charge in [0.2, 0.25) is 5.91 Å². The van der Waals surface area contributed by atoms with Crippen LogP contribution < -0.4 is 5.32 Å². The van der Waals surface area contributed by atoms with Crippen LogP contribution in [0, 0.1) is 0 Å². The summed E-state index contributed by atoms with van der Waals surface area (Å²) in [4.78, 5) is 16.1. The third kappa shape index (κ3) is 4.25. The topological polar surface area (TPSA) is 42.0 Å². The SMILES string of the molecule is C[C@H](NC(=O)CSc1ccccn1)c1ccccc1Cl. The van der Waals surface area contributed by atoms with Crippen molar-refractivity contribution in [1.82, 2.24) is 10.3 Å². The lowest BCUT2D eigenvalue weighted by Gasteiger charge is -2.15. The van der Waals surface area contributed by atoms with Gasteiger partial charge < -0.3 is 5.32 Å². The molecule has 1 aromatic carbocycles. The molecule has 1 heterocycles. The molecule has 3 nitrogen and oxygen atoms in total. The van der Waals surface area contributed by atoms with Gasteiger partial charge in [-0.25, -0.2) is 4.98 Å². The lowest BCUT2D eigenvalue weighted by Crippen LogP contribution is -2.28. The molecule has 0 fully saturated rings. The summed E-state index contributed by atoms with van der Waals surface area (Å²) in [5.41, 5.74) is 0.922. The predicted molar refractivity (Wildman–Crippen MR) is 83.0 cm³/mol. The van der Waals surface area contributed by atoms with E-state index in [9.17, 15) is 4.79 Å². The van der Waals surface area contributed by atoms with Gasteiger partial charge in [-0.1, -0.05) is 47.6 Å². The molecule has 1 N–H and O–H groups in total. The number of carbonyl (C=O) groups is 1. The van der Waals surface area contributed by atoms with Gasteiger partial charge >= 0.3 is 0 Å². The fourth-order valence-electron chi connectivity index (χ4n) is 1.76. The summed E-state index contributed by atoms with van der Waals surface area (Å²) < 4.78 is 0. The van der Waals surface area contributed by atoms with E-state index in [-0.39, 0.29) is 11.9 Å². The van der Waals surface area contributed by atoms with Crippen molar-refractivity contribution in [2.24, 2.45) is 0 Å². The van der Waals surface area contributed by atoms with Gasteiger partial charge in [0.15, 0.2) is 0 Å². The molecule has 0 spiro atoms. The molecule has 2 rings (SSSR count). The number of thioether (sulfide) groups is 1. The van der Waals surface area contributed by atoms with Crippen LogP contribution >= 0.6 is 23.4 Å². The highest BCUT2D eigenvalue weighted by molar-refractivity contribution is 7.99. The minimum atomic E-state index is -0.111. The van der Waals surface area contributed by atoms with Crippen LogP contribution in [0.15, 0.2) is 53.7 Å². The second kappa shape index (κ2) is 7.31. The Kier molecular flexibility index (Phi) is 5.44. The Morgan fingerprint density at radius 3 is 2.75 bits per heavy atom. The fraction of sp³-hybridized carbons (Fsp3) is 0.200. The van der Waals surface area contributed by atoms with Crippen LogP contribution in [0.1, 0.15) is 18.5 Å². The Bertz CT molecular complexity index is 577. The number of hydrogen-bond acceptors (Lipinski definition) is 3. The summed E-state index contributed by atoms with van der Waals surface area (Å²) in [7, 11) is 0. The second-order valence-electron chi connectivity index (χ2n) is 4.27. The summed E-state index contributed by atoms with van der Waals surface area (Å²) in [5.74, 6) is 0.305. The summed E-state index contributed by atoms with van der Waals surface area (Å²) >= 11 is 7.52. The Morgan fingerprint density at radius 2 is 2.05 bits per heavy atom.